The van der Waals surface area contributed by atoms with Crippen molar-refractivity contribution in [2.45, 2.75) is 6.61 Å². The Morgan fingerprint density at radius 3 is 2.44 bits per heavy atom. The molecule has 0 unspecified atom stereocenters. The fourth-order valence-corrected chi connectivity index (χ4v) is 1.46. The molecule has 0 atom stereocenters. The molecule has 0 radical (unpaired) electrons. The predicted octanol–water partition coefficient (Wildman–Crippen LogP) is 2.76. The third-order valence-corrected chi connectivity index (χ3v) is 2.46. The first kappa shape index (κ1) is 12.1. The number of hydrogen-bond donors (Lipinski definition) is 1. The van der Waals surface area contributed by atoms with Crippen molar-refractivity contribution in [1.29, 1.82) is 0 Å². The highest BCUT2D eigenvalue weighted by Gasteiger charge is 2.08. The van der Waals surface area contributed by atoms with Gasteiger partial charge in [0.25, 0.3) is 0 Å². The normalized spacial score (nSPS) is 10.1. The lowest BCUT2D eigenvalue weighted by molar-refractivity contribution is 0.0469. The molecule has 0 saturated heterocycles. The Hall–Kier alpha value is -2.36. The van der Waals surface area contributed by atoms with Gasteiger partial charge in [-0.25, -0.2) is 9.18 Å². The number of hydrogen-bond acceptors (Lipinski definition) is 3. The van der Waals surface area contributed by atoms with E-state index in [1.54, 1.807) is 42.5 Å². The highest BCUT2D eigenvalue weighted by Crippen LogP contribution is 2.11. The van der Waals surface area contributed by atoms with Crippen LogP contribution >= 0.6 is 0 Å². The number of nitrogen functional groups attached to an aromatic ring is 1. The number of esters is 1. The van der Waals surface area contributed by atoms with E-state index in [1.165, 1.54) is 6.07 Å². The van der Waals surface area contributed by atoms with Crippen molar-refractivity contribution in [3.05, 3.63) is 65.5 Å². The van der Waals surface area contributed by atoms with Crippen LogP contribution in [0.15, 0.2) is 48.5 Å². The van der Waals surface area contributed by atoms with Crippen molar-refractivity contribution in [3.63, 3.8) is 0 Å². The monoisotopic (exact) mass is 245 g/mol. The number of carbonyl (C=O) groups excluding carboxylic acids is 1. The molecule has 0 fully saturated rings. The zero-order valence-corrected chi connectivity index (χ0v) is 9.60. The van der Waals surface area contributed by atoms with Crippen LogP contribution in [0.5, 0.6) is 0 Å². The van der Waals surface area contributed by atoms with E-state index in [2.05, 4.69) is 0 Å². The number of carbonyl (C=O) groups is 1. The van der Waals surface area contributed by atoms with Gasteiger partial charge in [-0.3, -0.25) is 0 Å². The third-order valence-electron chi connectivity index (χ3n) is 2.46. The standard InChI is InChI=1S/C14H12FNO2/c15-13-4-2-1-3-11(13)9-18-14(17)10-5-7-12(16)8-6-10/h1-8H,9,16H2. The Morgan fingerprint density at radius 1 is 1.11 bits per heavy atom. The van der Waals surface area contributed by atoms with Gasteiger partial charge in [0.05, 0.1) is 5.56 Å². The largest absolute Gasteiger partial charge is 0.457 e. The smallest absolute Gasteiger partial charge is 0.338 e. The van der Waals surface area contributed by atoms with Gasteiger partial charge < -0.3 is 10.5 Å². The first-order chi connectivity index (χ1) is 8.66. The van der Waals surface area contributed by atoms with Gasteiger partial charge in [-0.05, 0) is 30.3 Å². The number of ether oxygens (including phenoxy) is 1. The summed E-state index contributed by atoms with van der Waals surface area (Å²) in [5, 5.41) is 0. The van der Waals surface area contributed by atoms with Crippen LogP contribution in [0.25, 0.3) is 0 Å². The molecule has 0 aliphatic rings. The summed E-state index contributed by atoms with van der Waals surface area (Å²) < 4.78 is 18.3. The van der Waals surface area contributed by atoms with Gasteiger partial charge in [-0.1, -0.05) is 18.2 Å². The van der Waals surface area contributed by atoms with Crippen LogP contribution in [0.3, 0.4) is 0 Å². The average molecular weight is 245 g/mol. The molecule has 2 aromatic carbocycles. The van der Waals surface area contributed by atoms with E-state index in [0.29, 0.717) is 16.8 Å². The maximum Gasteiger partial charge on any atom is 0.338 e. The van der Waals surface area contributed by atoms with Crippen molar-refractivity contribution in [1.82, 2.24) is 0 Å². The molecular weight excluding hydrogens is 233 g/mol. The molecular formula is C14H12FNO2. The summed E-state index contributed by atoms with van der Waals surface area (Å²) >= 11 is 0. The minimum absolute atomic E-state index is 0.0874. The van der Waals surface area contributed by atoms with Crippen LogP contribution in [0, 0.1) is 5.82 Å². The van der Waals surface area contributed by atoms with Gasteiger partial charge in [0.2, 0.25) is 0 Å². The van der Waals surface area contributed by atoms with E-state index in [1.807, 2.05) is 0 Å². The summed E-state index contributed by atoms with van der Waals surface area (Å²) in [5.74, 6) is -0.888. The minimum Gasteiger partial charge on any atom is -0.457 e. The van der Waals surface area contributed by atoms with E-state index in [0.717, 1.165) is 0 Å². The Kier molecular flexibility index (Phi) is 3.57. The van der Waals surface area contributed by atoms with E-state index in [4.69, 9.17) is 10.5 Å². The Balaban J connectivity index is 2.01. The average Bonchev–Trinajstić information content (AvgIpc) is 2.38. The Labute approximate surface area is 104 Å². The summed E-state index contributed by atoms with van der Waals surface area (Å²) in [6.07, 6.45) is 0. The molecule has 0 saturated carbocycles. The molecule has 2 N–H and O–H groups in total. The van der Waals surface area contributed by atoms with E-state index >= 15 is 0 Å². The molecule has 0 amide bonds. The lowest BCUT2D eigenvalue weighted by Gasteiger charge is -2.06. The molecule has 4 heteroatoms. The number of nitrogens with two attached hydrogens (primary N) is 1. The molecule has 92 valence electrons. The Morgan fingerprint density at radius 2 is 1.78 bits per heavy atom. The maximum atomic E-state index is 13.3. The summed E-state index contributed by atoms with van der Waals surface area (Å²) in [6, 6.07) is 12.5. The summed E-state index contributed by atoms with van der Waals surface area (Å²) in [4.78, 5) is 11.7. The van der Waals surface area contributed by atoms with Crippen molar-refractivity contribution in [3.8, 4) is 0 Å². The van der Waals surface area contributed by atoms with Crippen molar-refractivity contribution in [2.24, 2.45) is 0 Å². The topological polar surface area (TPSA) is 52.3 Å². The second-order valence-electron chi connectivity index (χ2n) is 3.79. The highest BCUT2D eigenvalue weighted by molar-refractivity contribution is 5.89. The highest BCUT2D eigenvalue weighted by atomic mass is 19.1. The van der Waals surface area contributed by atoms with Crippen LogP contribution in [-0.4, -0.2) is 5.97 Å². The van der Waals surface area contributed by atoms with Crippen LogP contribution in [0.2, 0.25) is 0 Å². The van der Waals surface area contributed by atoms with Crippen molar-refractivity contribution >= 4 is 11.7 Å². The summed E-state index contributed by atoms with van der Waals surface area (Å²) in [5.41, 5.74) is 6.82. The first-order valence-electron chi connectivity index (χ1n) is 5.43. The molecule has 0 aromatic heterocycles. The summed E-state index contributed by atoms with van der Waals surface area (Å²) in [6.45, 7) is -0.0874. The van der Waals surface area contributed by atoms with Crippen LogP contribution < -0.4 is 5.73 Å². The quantitative estimate of drug-likeness (QED) is 0.668. The lowest BCUT2D eigenvalue weighted by Crippen LogP contribution is -2.06. The zero-order valence-electron chi connectivity index (χ0n) is 9.60. The number of benzene rings is 2. The molecule has 18 heavy (non-hydrogen) atoms. The van der Waals surface area contributed by atoms with E-state index in [-0.39, 0.29) is 12.4 Å². The molecule has 2 rings (SSSR count). The van der Waals surface area contributed by atoms with Gasteiger partial charge >= 0.3 is 5.97 Å². The molecule has 0 aliphatic carbocycles. The van der Waals surface area contributed by atoms with Crippen molar-refractivity contribution < 1.29 is 13.9 Å². The van der Waals surface area contributed by atoms with Crippen LogP contribution in [0.1, 0.15) is 15.9 Å². The number of anilines is 1. The second-order valence-corrected chi connectivity index (χ2v) is 3.79. The molecule has 3 nitrogen and oxygen atoms in total. The van der Waals surface area contributed by atoms with Gasteiger partial charge in [0, 0.05) is 11.3 Å². The first-order valence-corrected chi connectivity index (χ1v) is 5.43. The predicted molar refractivity (Wildman–Crippen MR) is 66.4 cm³/mol. The number of halogens is 1. The fourth-order valence-electron chi connectivity index (χ4n) is 1.46. The van der Waals surface area contributed by atoms with E-state index in [9.17, 15) is 9.18 Å². The molecule has 0 heterocycles. The molecule has 0 aliphatic heterocycles. The molecule has 0 bridgehead atoms. The lowest BCUT2D eigenvalue weighted by atomic mass is 10.2. The maximum absolute atomic E-state index is 13.3. The third kappa shape index (κ3) is 2.85. The second kappa shape index (κ2) is 5.31. The van der Waals surface area contributed by atoms with Gasteiger partial charge in [0.1, 0.15) is 12.4 Å². The zero-order chi connectivity index (χ0) is 13.0. The van der Waals surface area contributed by atoms with E-state index < -0.39 is 5.97 Å². The molecule has 0 spiro atoms. The van der Waals surface area contributed by atoms with Crippen molar-refractivity contribution in [2.75, 3.05) is 5.73 Å². The Bertz CT molecular complexity index is 552. The van der Waals surface area contributed by atoms with Crippen LogP contribution in [0.4, 0.5) is 10.1 Å². The minimum atomic E-state index is -0.502. The van der Waals surface area contributed by atoms with Gasteiger partial charge in [0.15, 0.2) is 0 Å². The van der Waals surface area contributed by atoms with Gasteiger partial charge in [-0.15, -0.1) is 0 Å². The molecule has 2 aromatic rings. The fraction of sp³-hybridized carbons (Fsp3) is 0.0714. The SMILES string of the molecule is Nc1ccc(C(=O)OCc2ccccc2F)cc1. The van der Waals surface area contributed by atoms with Crippen LogP contribution in [-0.2, 0) is 11.3 Å². The van der Waals surface area contributed by atoms with Gasteiger partial charge in [-0.2, -0.15) is 0 Å². The summed E-state index contributed by atoms with van der Waals surface area (Å²) in [7, 11) is 0. The number of rotatable bonds is 3.